The first-order chi connectivity index (χ1) is 5.35. The van der Waals surface area contributed by atoms with Gasteiger partial charge in [0.1, 0.15) is 11.7 Å². The molecule has 2 N–H and O–H groups in total. The molecule has 0 aromatic heterocycles. The quantitative estimate of drug-likeness (QED) is 0.540. The Bertz CT molecular complexity index is 141. The number of ether oxygens (including phenoxy) is 3. The molecule has 0 aromatic rings. The van der Waals surface area contributed by atoms with Gasteiger partial charge < -0.3 is 19.9 Å². The molecule has 0 saturated carbocycles. The maximum atomic E-state index is 5.68. The van der Waals surface area contributed by atoms with Crippen LogP contribution in [0.15, 0.2) is 0 Å². The van der Waals surface area contributed by atoms with E-state index in [2.05, 4.69) is 0 Å². The van der Waals surface area contributed by atoms with Crippen LogP contribution in [0.4, 0.5) is 0 Å². The largest absolute Gasteiger partial charge is 0.376 e. The Morgan fingerprint density at radius 2 is 1.91 bits per heavy atom. The second-order valence-corrected chi connectivity index (χ2v) is 3.16. The van der Waals surface area contributed by atoms with E-state index in [1.807, 2.05) is 0 Å². The van der Waals surface area contributed by atoms with Crippen molar-refractivity contribution < 1.29 is 14.2 Å². The van der Waals surface area contributed by atoms with Crippen LogP contribution in [0.25, 0.3) is 0 Å². The van der Waals surface area contributed by atoms with E-state index in [0.29, 0.717) is 33.0 Å². The fourth-order valence-corrected chi connectivity index (χ4v) is 1.50. The van der Waals surface area contributed by atoms with Crippen molar-refractivity contribution in [1.82, 2.24) is 0 Å². The first kappa shape index (κ1) is 7.49. The lowest BCUT2D eigenvalue weighted by Gasteiger charge is -2.43. The van der Waals surface area contributed by atoms with Gasteiger partial charge in [-0.1, -0.05) is 0 Å². The highest BCUT2D eigenvalue weighted by molar-refractivity contribution is 4.89. The molecule has 4 nitrogen and oxygen atoms in total. The van der Waals surface area contributed by atoms with Crippen molar-refractivity contribution in [2.75, 3.05) is 33.0 Å². The summed E-state index contributed by atoms with van der Waals surface area (Å²) in [5.74, 6) is 0. The van der Waals surface area contributed by atoms with Gasteiger partial charge in [-0.05, 0) is 0 Å². The maximum absolute atomic E-state index is 5.68. The Balaban J connectivity index is 2.07. The van der Waals surface area contributed by atoms with Gasteiger partial charge in [-0.3, -0.25) is 0 Å². The van der Waals surface area contributed by atoms with Gasteiger partial charge in [-0.2, -0.15) is 0 Å². The summed E-state index contributed by atoms with van der Waals surface area (Å²) in [6, 6.07) is 0. The van der Waals surface area contributed by atoms with Crippen LogP contribution < -0.4 is 5.73 Å². The Hall–Kier alpha value is -0.160. The molecule has 4 heteroatoms. The van der Waals surface area contributed by atoms with Crippen molar-refractivity contribution in [1.29, 1.82) is 0 Å². The third kappa shape index (κ3) is 1.27. The van der Waals surface area contributed by atoms with E-state index >= 15 is 0 Å². The van der Waals surface area contributed by atoms with Crippen molar-refractivity contribution in [2.24, 2.45) is 5.73 Å². The summed E-state index contributed by atoms with van der Waals surface area (Å²) >= 11 is 0. The van der Waals surface area contributed by atoms with Gasteiger partial charge in [0.05, 0.1) is 26.4 Å². The van der Waals surface area contributed by atoms with Gasteiger partial charge in [-0.25, -0.2) is 0 Å². The minimum atomic E-state index is -0.346. The molecule has 2 aliphatic rings. The summed E-state index contributed by atoms with van der Waals surface area (Å²) in [6.07, 6.45) is 0.0982. The highest BCUT2D eigenvalue weighted by Gasteiger charge is 2.40. The fourth-order valence-electron chi connectivity index (χ4n) is 1.50. The van der Waals surface area contributed by atoms with Crippen LogP contribution in [0, 0.1) is 0 Å². The van der Waals surface area contributed by atoms with Crippen molar-refractivity contribution in [3.63, 3.8) is 0 Å². The molecule has 2 saturated heterocycles. The van der Waals surface area contributed by atoms with E-state index in [9.17, 15) is 0 Å². The molecule has 2 bridgehead atoms. The molecular weight excluding hydrogens is 146 g/mol. The van der Waals surface area contributed by atoms with Crippen molar-refractivity contribution in [2.45, 2.75) is 11.7 Å². The average molecular weight is 159 g/mol. The topological polar surface area (TPSA) is 53.7 Å². The standard InChI is InChI=1S/C7H13NO3/c8-3-7-4-9-1-6(11-7)2-10-5-7/h6H,1-5,8H2. The summed E-state index contributed by atoms with van der Waals surface area (Å²) in [5.41, 5.74) is 5.21. The lowest BCUT2D eigenvalue weighted by Crippen LogP contribution is -2.59. The average Bonchev–Trinajstić information content (AvgIpc) is 2.05. The van der Waals surface area contributed by atoms with Crippen molar-refractivity contribution in [3.8, 4) is 0 Å². The molecule has 2 rings (SSSR count). The molecule has 0 unspecified atom stereocenters. The minimum Gasteiger partial charge on any atom is -0.376 e. The molecule has 2 heterocycles. The number of rotatable bonds is 1. The van der Waals surface area contributed by atoms with Crippen LogP contribution in [-0.2, 0) is 14.2 Å². The molecule has 0 aliphatic carbocycles. The van der Waals surface area contributed by atoms with E-state index in [4.69, 9.17) is 19.9 Å². The minimum absolute atomic E-state index is 0.0982. The molecule has 11 heavy (non-hydrogen) atoms. The van der Waals surface area contributed by atoms with Gasteiger partial charge in [0.25, 0.3) is 0 Å². The zero-order valence-electron chi connectivity index (χ0n) is 6.41. The molecule has 0 aromatic carbocycles. The first-order valence-electron chi connectivity index (χ1n) is 3.88. The summed E-state index contributed by atoms with van der Waals surface area (Å²) in [6.45, 7) is 2.90. The SMILES string of the molecule is NCC12COCC(COC1)O2. The fraction of sp³-hybridized carbons (Fsp3) is 1.00. The van der Waals surface area contributed by atoms with Crippen LogP contribution in [0.5, 0.6) is 0 Å². The van der Waals surface area contributed by atoms with Gasteiger partial charge in [0.2, 0.25) is 0 Å². The predicted octanol–water partition coefficient (Wildman–Crippen LogP) is -0.871. The van der Waals surface area contributed by atoms with Crippen molar-refractivity contribution >= 4 is 0 Å². The summed E-state index contributed by atoms with van der Waals surface area (Å²) < 4.78 is 16.4. The highest BCUT2D eigenvalue weighted by atomic mass is 16.6. The second kappa shape index (κ2) is 2.71. The molecule has 0 spiro atoms. The third-order valence-electron chi connectivity index (χ3n) is 2.13. The first-order valence-corrected chi connectivity index (χ1v) is 3.88. The molecule has 0 amide bonds. The molecule has 0 radical (unpaired) electrons. The maximum Gasteiger partial charge on any atom is 0.127 e. The van der Waals surface area contributed by atoms with E-state index in [1.54, 1.807) is 0 Å². The number of hydrogen-bond donors (Lipinski definition) is 1. The Labute approximate surface area is 65.6 Å². The van der Waals surface area contributed by atoms with E-state index in [-0.39, 0.29) is 11.7 Å². The Kier molecular flexibility index (Phi) is 1.85. The summed E-state index contributed by atoms with van der Waals surface area (Å²) in [5, 5.41) is 0. The van der Waals surface area contributed by atoms with Gasteiger partial charge >= 0.3 is 0 Å². The highest BCUT2D eigenvalue weighted by Crippen LogP contribution is 2.23. The number of fused-ring (bicyclic) bond motifs is 2. The van der Waals surface area contributed by atoms with E-state index in [1.165, 1.54) is 0 Å². The van der Waals surface area contributed by atoms with Crippen molar-refractivity contribution in [3.05, 3.63) is 0 Å². The van der Waals surface area contributed by atoms with Crippen LogP contribution in [0.3, 0.4) is 0 Å². The monoisotopic (exact) mass is 159 g/mol. The zero-order chi connectivity index (χ0) is 7.73. The smallest absolute Gasteiger partial charge is 0.127 e. The molecule has 2 aliphatic heterocycles. The molecular formula is C7H13NO3. The van der Waals surface area contributed by atoms with Gasteiger partial charge in [0.15, 0.2) is 0 Å². The van der Waals surface area contributed by atoms with Crippen LogP contribution in [0.1, 0.15) is 0 Å². The normalized spacial score (nSPS) is 43.9. The third-order valence-corrected chi connectivity index (χ3v) is 2.13. The van der Waals surface area contributed by atoms with E-state index < -0.39 is 0 Å². The number of nitrogens with two attached hydrogens (primary N) is 1. The Morgan fingerprint density at radius 3 is 2.36 bits per heavy atom. The Morgan fingerprint density at radius 1 is 1.27 bits per heavy atom. The lowest BCUT2D eigenvalue weighted by molar-refractivity contribution is -0.263. The van der Waals surface area contributed by atoms with Gasteiger partial charge in [-0.15, -0.1) is 0 Å². The molecule has 0 atom stereocenters. The lowest BCUT2D eigenvalue weighted by atomic mass is 10.0. The summed E-state index contributed by atoms with van der Waals surface area (Å²) in [7, 11) is 0. The van der Waals surface area contributed by atoms with Crippen LogP contribution >= 0.6 is 0 Å². The summed E-state index contributed by atoms with van der Waals surface area (Å²) in [4.78, 5) is 0. The second-order valence-electron chi connectivity index (χ2n) is 3.16. The van der Waals surface area contributed by atoms with Gasteiger partial charge in [0, 0.05) is 6.54 Å². The predicted molar refractivity (Wildman–Crippen MR) is 38.3 cm³/mol. The van der Waals surface area contributed by atoms with Crippen LogP contribution in [-0.4, -0.2) is 44.7 Å². The molecule has 2 fully saturated rings. The molecule has 64 valence electrons. The number of hydrogen-bond acceptors (Lipinski definition) is 4. The zero-order valence-corrected chi connectivity index (χ0v) is 6.41. The van der Waals surface area contributed by atoms with E-state index in [0.717, 1.165) is 0 Å². The van der Waals surface area contributed by atoms with Crippen LogP contribution in [0.2, 0.25) is 0 Å².